The van der Waals surface area contributed by atoms with Gasteiger partial charge in [0.15, 0.2) is 11.6 Å². The molecule has 3 heterocycles. The summed E-state index contributed by atoms with van der Waals surface area (Å²) in [6.45, 7) is 0.464. The number of likely N-dealkylation sites (N-methyl/N-ethyl adjacent to an activating group) is 1. The number of nitrogens with zero attached hydrogens (tertiary/aromatic N) is 5. The van der Waals surface area contributed by atoms with Gasteiger partial charge in [0.05, 0.1) is 6.54 Å². The second-order valence-corrected chi connectivity index (χ2v) is 5.68. The van der Waals surface area contributed by atoms with Gasteiger partial charge in [-0.05, 0) is 11.6 Å². The molecule has 0 saturated carbocycles. The van der Waals surface area contributed by atoms with Crippen molar-refractivity contribution < 1.29 is 4.79 Å². The monoisotopic (exact) mass is 308 g/mol. The van der Waals surface area contributed by atoms with Crippen molar-refractivity contribution in [3.63, 3.8) is 0 Å². The van der Waals surface area contributed by atoms with E-state index in [1.807, 2.05) is 41.0 Å². The first-order valence-corrected chi connectivity index (χ1v) is 7.46. The van der Waals surface area contributed by atoms with Crippen LogP contribution in [0.15, 0.2) is 42.6 Å². The summed E-state index contributed by atoms with van der Waals surface area (Å²) in [5.41, 5.74) is 1.87. The number of nitrogens with one attached hydrogen (secondary N) is 1. The molecule has 4 rings (SSSR count). The van der Waals surface area contributed by atoms with Crippen molar-refractivity contribution >= 4 is 5.91 Å². The second-order valence-electron chi connectivity index (χ2n) is 5.68. The van der Waals surface area contributed by atoms with E-state index >= 15 is 0 Å². The van der Waals surface area contributed by atoms with Crippen LogP contribution in [0, 0.1) is 0 Å². The van der Waals surface area contributed by atoms with E-state index in [4.69, 9.17) is 0 Å². The molecule has 1 aliphatic heterocycles. The highest BCUT2D eigenvalue weighted by Crippen LogP contribution is 2.29. The maximum Gasteiger partial charge on any atom is 0.246 e. The largest absolute Gasteiger partial charge is 0.336 e. The quantitative estimate of drug-likeness (QED) is 0.793. The summed E-state index contributed by atoms with van der Waals surface area (Å²) in [5.74, 6) is 1.51. The van der Waals surface area contributed by atoms with Crippen molar-refractivity contribution in [2.45, 2.75) is 19.0 Å². The summed E-state index contributed by atoms with van der Waals surface area (Å²) in [6, 6.07) is 11.5. The summed E-state index contributed by atoms with van der Waals surface area (Å²) in [7, 11) is 1.80. The average Bonchev–Trinajstić information content (AvgIpc) is 3.21. The Kier molecular flexibility index (Phi) is 3.18. The number of aromatic nitrogens is 5. The minimum atomic E-state index is -0.348. The summed E-state index contributed by atoms with van der Waals surface area (Å²) in [5, 5.41) is 15.4. The summed E-state index contributed by atoms with van der Waals surface area (Å²) < 4.78 is 1.93. The third-order valence-electron chi connectivity index (χ3n) is 4.13. The topological polar surface area (TPSA) is 79.7 Å². The first-order valence-electron chi connectivity index (χ1n) is 7.46. The van der Waals surface area contributed by atoms with Crippen LogP contribution in [-0.4, -0.2) is 42.8 Å². The van der Waals surface area contributed by atoms with E-state index in [1.165, 1.54) is 0 Å². The number of aromatic amines is 1. The Bertz CT molecular complexity index is 824. The van der Waals surface area contributed by atoms with Crippen molar-refractivity contribution in [2.75, 3.05) is 7.05 Å². The molecule has 3 aromatic rings. The molecule has 1 aliphatic rings. The van der Waals surface area contributed by atoms with E-state index in [2.05, 4.69) is 20.4 Å². The lowest BCUT2D eigenvalue weighted by Gasteiger charge is -2.31. The summed E-state index contributed by atoms with van der Waals surface area (Å²) in [4.78, 5) is 14.4. The van der Waals surface area contributed by atoms with Gasteiger partial charge in [-0.3, -0.25) is 14.5 Å². The fourth-order valence-electron chi connectivity index (χ4n) is 2.99. The number of H-pyrrole nitrogens is 1. The predicted molar refractivity (Wildman–Crippen MR) is 83.3 cm³/mol. The second kappa shape index (κ2) is 5.35. The molecular formula is C16H16N6O. The van der Waals surface area contributed by atoms with Gasteiger partial charge in [0.1, 0.15) is 11.7 Å². The Balaban J connectivity index is 1.80. The Morgan fingerprint density at radius 3 is 2.78 bits per heavy atom. The van der Waals surface area contributed by atoms with Crippen molar-refractivity contribution in [1.82, 2.24) is 29.9 Å². The van der Waals surface area contributed by atoms with E-state index in [-0.39, 0.29) is 11.9 Å². The van der Waals surface area contributed by atoms with Crippen LogP contribution < -0.4 is 0 Å². The Hall–Kier alpha value is -2.96. The Labute approximate surface area is 133 Å². The lowest BCUT2D eigenvalue weighted by Crippen LogP contribution is -2.41. The van der Waals surface area contributed by atoms with Crippen LogP contribution in [0.4, 0.5) is 0 Å². The zero-order valence-corrected chi connectivity index (χ0v) is 12.7. The number of carbonyl (C=O) groups excluding carboxylic acids is 1. The molecule has 0 unspecified atom stereocenters. The molecule has 2 aromatic heterocycles. The van der Waals surface area contributed by atoms with Crippen molar-refractivity contribution in [1.29, 1.82) is 0 Å². The molecule has 0 aliphatic carbocycles. The van der Waals surface area contributed by atoms with Crippen LogP contribution in [0.3, 0.4) is 0 Å². The maximum atomic E-state index is 12.7. The summed E-state index contributed by atoms with van der Waals surface area (Å²) >= 11 is 0. The molecule has 7 nitrogen and oxygen atoms in total. The van der Waals surface area contributed by atoms with Crippen molar-refractivity contribution in [3.05, 3.63) is 54.0 Å². The number of rotatable bonds is 3. The van der Waals surface area contributed by atoms with Crippen LogP contribution in [0.2, 0.25) is 0 Å². The van der Waals surface area contributed by atoms with Gasteiger partial charge >= 0.3 is 0 Å². The van der Waals surface area contributed by atoms with Gasteiger partial charge in [-0.25, -0.2) is 0 Å². The van der Waals surface area contributed by atoms with Crippen molar-refractivity contribution in [2.24, 2.45) is 0 Å². The molecule has 1 aromatic carbocycles. The molecule has 0 fully saturated rings. The van der Waals surface area contributed by atoms with E-state index < -0.39 is 0 Å². The number of carbonyl (C=O) groups is 1. The third kappa shape index (κ3) is 2.30. The first kappa shape index (κ1) is 13.7. The van der Waals surface area contributed by atoms with Crippen LogP contribution in [0.1, 0.15) is 17.4 Å². The van der Waals surface area contributed by atoms with E-state index in [0.29, 0.717) is 18.8 Å². The van der Waals surface area contributed by atoms with Crippen LogP contribution in [0.5, 0.6) is 0 Å². The molecule has 1 amide bonds. The molecular weight excluding hydrogens is 292 g/mol. The number of benzene rings is 1. The molecule has 0 saturated heterocycles. The first-order chi connectivity index (χ1) is 11.2. The molecule has 0 bridgehead atoms. The fourth-order valence-corrected chi connectivity index (χ4v) is 2.99. The molecule has 0 radical (unpaired) electrons. The summed E-state index contributed by atoms with van der Waals surface area (Å²) in [6.07, 6.45) is 2.27. The molecule has 1 N–H and O–H groups in total. The van der Waals surface area contributed by atoms with Gasteiger partial charge in [0.2, 0.25) is 5.91 Å². The number of hydrogen-bond acceptors (Lipinski definition) is 4. The fraction of sp³-hybridized carbons (Fsp3) is 0.250. The highest BCUT2D eigenvalue weighted by Gasteiger charge is 2.34. The van der Waals surface area contributed by atoms with Gasteiger partial charge in [-0.15, -0.1) is 10.2 Å². The minimum Gasteiger partial charge on any atom is -0.336 e. The highest BCUT2D eigenvalue weighted by molar-refractivity contribution is 5.82. The van der Waals surface area contributed by atoms with Gasteiger partial charge in [-0.1, -0.05) is 30.3 Å². The zero-order valence-electron chi connectivity index (χ0n) is 12.7. The van der Waals surface area contributed by atoms with Crippen LogP contribution in [0.25, 0.3) is 11.5 Å². The average molecular weight is 308 g/mol. The highest BCUT2D eigenvalue weighted by atomic mass is 16.2. The van der Waals surface area contributed by atoms with Gasteiger partial charge in [0.25, 0.3) is 0 Å². The molecule has 23 heavy (non-hydrogen) atoms. The van der Waals surface area contributed by atoms with E-state index in [9.17, 15) is 4.79 Å². The van der Waals surface area contributed by atoms with Crippen molar-refractivity contribution in [3.8, 4) is 11.5 Å². The van der Waals surface area contributed by atoms with Crippen LogP contribution in [-0.2, 0) is 17.8 Å². The predicted octanol–water partition coefficient (Wildman–Crippen LogP) is 1.42. The maximum absolute atomic E-state index is 12.7. The molecule has 116 valence electrons. The SMILES string of the molecule is CN1Cc2nnc(-c3ccn[nH]3)n2[C@@H](Cc2ccccc2)C1=O. The standard InChI is InChI=1S/C16H16N6O/c1-21-10-14-19-20-15(12-7-8-17-18-12)22(14)13(16(21)23)9-11-5-3-2-4-6-11/h2-8,13H,9-10H2,1H3,(H,17,18)/t13-/m0/s1. The Morgan fingerprint density at radius 1 is 1.22 bits per heavy atom. The van der Waals surface area contributed by atoms with E-state index in [0.717, 1.165) is 17.1 Å². The van der Waals surface area contributed by atoms with Gasteiger partial charge in [-0.2, -0.15) is 5.10 Å². The number of amides is 1. The molecule has 0 spiro atoms. The normalized spacial score (nSPS) is 17.3. The number of fused-ring (bicyclic) bond motifs is 1. The zero-order chi connectivity index (χ0) is 15.8. The number of hydrogen-bond donors (Lipinski definition) is 1. The van der Waals surface area contributed by atoms with Gasteiger partial charge in [0, 0.05) is 19.7 Å². The smallest absolute Gasteiger partial charge is 0.246 e. The lowest BCUT2D eigenvalue weighted by atomic mass is 10.0. The molecule has 1 atom stereocenters. The van der Waals surface area contributed by atoms with E-state index in [1.54, 1.807) is 18.1 Å². The van der Waals surface area contributed by atoms with Crippen LogP contribution >= 0.6 is 0 Å². The Morgan fingerprint density at radius 2 is 2.04 bits per heavy atom. The van der Waals surface area contributed by atoms with Gasteiger partial charge < -0.3 is 4.90 Å². The third-order valence-corrected chi connectivity index (χ3v) is 4.13. The minimum absolute atomic E-state index is 0.0712. The molecule has 7 heteroatoms. The lowest BCUT2D eigenvalue weighted by molar-refractivity contribution is -0.135.